The fourth-order valence-corrected chi connectivity index (χ4v) is 2.94. The van der Waals surface area contributed by atoms with Gasteiger partial charge in [0.15, 0.2) is 0 Å². The highest BCUT2D eigenvalue weighted by molar-refractivity contribution is 5.85. The van der Waals surface area contributed by atoms with Crippen LogP contribution in [0.4, 0.5) is 0 Å². The summed E-state index contributed by atoms with van der Waals surface area (Å²) in [6.07, 6.45) is 4.45. The van der Waals surface area contributed by atoms with Gasteiger partial charge >= 0.3 is 0 Å². The van der Waals surface area contributed by atoms with Crippen molar-refractivity contribution < 1.29 is 4.79 Å². The molecule has 0 bridgehead atoms. The lowest BCUT2D eigenvalue weighted by Gasteiger charge is -2.42. The molecule has 2 heterocycles. The standard InChI is InChI=1S/C14H26N2O.ClH/c1-13(2)6-9-16(10-7-13)12(17)14(3)5-4-8-15-11-14;/h15H,4-11H2,1-3H3;1H. The molecule has 4 heteroatoms. The highest BCUT2D eigenvalue weighted by Crippen LogP contribution is 2.34. The number of piperidine rings is 2. The number of hydrogen-bond acceptors (Lipinski definition) is 2. The Morgan fingerprint density at radius 3 is 2.22 bits per heavy atom. The molecule has 0 spiro atoms. The fraction of sp³-hybridized carbons (Fsp3) is 0.929. The molecule has 18 heavy (non-hydrogen) atoms. The maximum Gasteiger partial charge on any atom is 0.229 e. The molecule has 0 aromatic rings. The van der Waals surface area contributed by atoms with Crippen LogP contribution < -0.4 is 5.32 Å². The average Bonchev–Trinajstić information content (AvgIpc) is 2.29. The van der Waals surface area contributed by atoms with E-state index in [1.165, 1.54) is 0 Å². The molecule has 0 aliphatic carbocycles. The number of amides is 1. The summed E-state index contributed by atoms with van der Waals surface area (Å²) in [6, 6.07) is 0. The van der Waals surface area contributed by atoms with Gasteiger partial charge in [0.05, 0.1) is 5.41 Å². The molecule has 106 valence electrons. The van der Waals surface area contributed by atoms with E-state index in [0.29, 0.717) is 11.3 Å². The third-order valence-electron chi connectivity index (χ3n) is 4.52. The zero-order chi connectivity index (χ0) is 12.5. The maximum atomic E-state index is 12.6. The summed E-state index contributed by atoms with van der Waals surface area (Å²) >= 11 is 0. The molecule has 1 amide bonds. The van der Waals surface area contributed by atoms with E-state index in [9.17, 15) is 4.79 Å². The van der Waals surface area contributed by atoms with Crippen molar-refractivity contribution in [1.29, 1.82) is 0 Å². The van der Waals surface area contributed by atoms with Crippen LogP contribution in [0.15, 0.2) is 0 Å². The molecule has 2 aliphatic rings. The highest BCUT2D eigenvalue weighted by Gasteiger charge is 2.39. The highest BCUT2D eigenvalue weighted by atomic mass is 35.5. The molecular formula is C14H27ClN2O. The summed E-state index contributed by atoms with van der Waals surface area (Å²) in [5, 5.41) is 3.36. The number of nitrogens with zero attached hydrogens (tertiary/aromatic N) is 1. The van der Waals surface area contributed by atoms with E-state index >= 15 is 0 Å². The van der Waals surface area contributed by atoms with E-state index in [1.54, 1.807) is 0 Å². The summed E-state index contributed by atoms with van der Waals surface area (Å²) in [4.78, 5) is 14.7. The minimum Gasteiger partial charge on any atom is -0.342 e. The Morgan fingerprint density at radius 1 is 1.11 bits per heavy atom. The summed E-state index contributed by atoms with van der Waals surface area (Å²) in [5.74, 6) is 0.375. The van der Waals surface area contributed by atoms with Gasteiger partial charge in [0.1, 0.15) is 0 Å². The van der Waals surface area contributed by atoms with Crippen molar-refractivity contribution in [2.24, 2.45) is 10.8 Å². The molecule has 1 unspecified atom stereocenters. The first-order valence-corrected chi connectivity index (χ1v) is 6.93. The van der Waals surface area contributed by atoms with E-state index in [1.807, 2.05) is 0 Å². The lowest BCUT2D eigenvalue weighted by molar-refractivity contribution is -0.144. The molecule has 0 aromatic carbocycles. The van der Waals surface area contributed by atoms with Crippen LogP contribution in [-0.2, 0) is 4.79 Å². The fourth-order valence-electron chi connectivity index (χ4n) is 2.94. The minimum atomic E-state index is -0.153. The average molecular weight is 275 g/mol. The van der Waals surface area contributed by atoms with Crippen molar-refractivity contribution >= 4 is 18.3 Å². The normalized spacial score (nSPS) is 31.6. The molecule has 3 nitrogen and oxygen atoms in total. The van der Waals surface area contributed by atoms with Crippen molar-refractivity contribution in [3.05, 3.63) is 0 Å². The van der Waals surface area contributed by atoms with Crippen LogP contribution in [0, 0.1) is 10.8 Å². The second kappa shape index (κ2) is 5.79. The van der Waals surface area contributed by atoms with Gasteiger partial charge in [-0.2, -0.15) is 0 Å². The van der Waals surface area contributed by atoms with Gasteiger partial charge in [-0.05, 0) is 44.6 Å². The molecule has 2 aliphatic heterocycles. The molecule has 1 atom stereocenters. The zero-order valence-electron chi connectivity index (χ0n) is 11.9. The van der Waals surface area contributed by atoms with Crippen LogP contribution in [-0.4, -0.2) is 37.0 Å². The van der Waals surface area contributed by atoms with Crippen LogP contribution >= 0.6 is 12.4 Å². The monoisotopic (exact) mass is 274 g/mol. The van der Waals surface area contributed by atoms with E-state index < -0.39 is 0 Å². The van der Waals surface area contributed by atoms with Crippen molar-refractivity contribution in [1.82, 2.24) is 10.2 Å². The second-order valence-electron chi connectivity index (χ2n) is 6.80. The third kappa shape index (κ3) is 3.39. The lowest BCUT2D eigenvalue weighted by atomic mass is 9.78. The largest absolute Gasteiger partial charge is 0.342 e. The molecule has 2 rings (SSSR count). The number of nitrogens with one attached hydrogen (secondary N) is 1. The topological polar surface area (TPSA) is 32.3 Å². The maximum absolute atomic E-state index is 12.6. The van der Waals surface area contributed by atoms with Gasteiger partial charge in [0.25, 0.3) is 0 Å². The minimum absolute atomic E-state index is 0. The van der Waals surface area contributed by atoms with Gasteiger partial charge in [0, 0.05) is 19.6 Å². The zero-order valence-corrected chi connectivity index (χ0v) is 12.7. The van der Waals surface area contributed by atoms with Crippen LogP contribution in [0.2, 0.25) is 0 Å². The van der Waals surface area contributed by atoms with E-state index in [0.717, 1.165) is 51.9 Å². The van der Waals surface area contributed by atoms with Gasteiger partial charge in [-0.25, -0.2) is 0 Å². The Balaban J connectivity index is 0.00000162. The van der Waals surface area contributed by atoms with Crippen molar-refractivity contribution in [2.75, 3.05) is 26.2 Å². The van der Waals surface area contributed by atoms with Crippen molar-refractivity contribution in [2.45, 2.75) is 46.5 Å². The SMILES string of the molecule is CC1(C)CCN(C(=O)C2(C)CCCNC2)CC1.Cl. The molecule has 0 radical (unpaired) electrons. The van der Waals surface area contributed by atoms with E-state index in [2.05, 4.69) is 31.0 Å². The second-order valence-corrected chi connectivity index (χ2v) is 6.80. The number of carbonyl (C=O) groups excluding carboxylic acids is 1. The van der Waals surface area contributed by atoms with Crippen LogP contribution in [0.3, 0.4) is 0 Å². The van der Waals surface area contributed by atoms with Gasteiger partial charge in [-0.3, -0.25) is 4.79 Å². The molecule has 0 aromatic heterocycles. The third-order valence-corrected chi connectivity index (χ3v) is 4.52. The molecule has 2 fully saturated rings. The molecule has 2 saturated heterocycles. The van der Waals surface area contributed by atoms with Crippen LogP contribution in [0.1, 0.15) is 46.5 Å². The Bertz CT molecular complexity index is 288. The van der Waals surface area contributed by atoms with Gasteiger partial charge in [0.2, 0.25) is 5.91 Å². The smallest absolute Gasteiger partial charge is 0.229 e. The van der Waals surface area contributed by atoms with Gasteiger partial charge < -0.3 is 10.2 Å². The van der Waals surface area contributed by atoms with Crippen LogP contribution in [0.5, 0.6) is 0 Å². The Labute approximate surface area is 117 Å². The van der Waals surface area contributed by atoms with E-state index in [4.69, 9.17) is 0 Å². The Kier molecular flexibility index (Phi) is 5.07. The predicted molar refractivity (Wildman–Crippen MR) is 77.1 cm³/mol. The summed E-state index contributed by atoms with van der Waals surface area (Å²) < 4.78 is 0. The number of carbonyl (C=O) groups is 1. The molecule has 1 N–H and O–H groups in total. The van der Waals surface area contributed by atoms with Crippen LogP contribution in [0.25, 0.3) is 0 Å². The Morgan fingerprint density at radius 2 is 1.72 bits per heavy atom. The lowest BCUT2D eigenvalue weighted by Crippen LogP contribution is -2.52. The number of halogens is 1. The quantitative estimate of drug-likeness (QED) is 0.797. The summed E-state index contributed by atoms with van der Waals surface area (Å²) in [6.45, 7) is 10.5. The number of rotatable bonds is 1. The summed E-state index contributed by atoms with van der Waals surface area (Å²) in [5.41, 5.74) is 0.266. The predicted octanol–water partition coefficient (Wildman–Crippen LogP) is 2.45. The first-order valence-electron chi connectivity index (χ1n) is 6.93. The molecule has 0 saturated carbocycles. The molecular weight excluding hydrogens is 248 g/mol. The van der Waals surface area contributed by atoms with E-state index in [-0.39, 0.29) is 17.8 Å². The number of hydrogen-bond donors (Lipinski definition) is 1. The Hall–Kier alpha value is -0.280. The number of likely N-dealkylation sites (tertiary alicyclic amines) is 1. The first kappa shape index (κ1) is 15.8. The summed E-state index contributed by atoms with van der Waals surface area (Å²) in [7, 11) is 0. The van der Waals surface area contributed by atoms with Gasteiger partial charge in [-0.15, -0.1) is 12.4 Å². The van der Waals surface area contributed by atoms with Gasteiger partial charge in [-0.1, -0.05) is 13.8 Å². The first-order chi connectivity index (χ1) is 7.93. The van der Waals surface area contributed by atoms with Crippen molar-refractivity contribution in [3.63, 3.8) is 0 Å². The van der Waals surface area contributed by atoms with Crippen molar-refractivity contribution in [3.8, 4) is 0 Å².